The van der Waals surface area contributed by atoms with Crippen molar-refractivity contribution in [2.75, 3.05) is 19.8 Å². The molecule has 0 spiro atoms. The van der Waals surface area contributed by atoms with Crippen LogP contribution < -0.4 is 0 Å². The molecule has 1 rings (SSSR count). The van der Waals surface area contributed by atoms with Crippen molar-refractivity contribution in [1.82, 2.24) is 0 Å². The Labute approximate surface area is 148 Å². The summed E-state index contributed by atoms with van der Waals surface area (Å²) in [4.78, 5) is 11.1. The number of carbonyl (C=O) groups excluding carboxylic acids is 1. The normalized spacial score (nSPS) is 27.9. The van der Waals surface area contributed by atoms with Crippen LogP contribution in [0.15, 0.2) is 0 Å². The van der Waals surface area contributed by atoms with E-state index in [4.69, 9.17) is 20.2 Å². The second-order valence-electron chi connectivity index (χ2n) is 4.35. The van der Waals surface area contributed by atoms with Gasteiger partial charge in [-0.15, -0.1) is 18.2 Å². The maximum atomic E-state index is 13.0. The van der Waals surface area contributed by atoms with Gasteiger partial charge in [0.05, 0.1) is 24.5 Å². The molecule has 0 aromatic carbocycles. The van der Waals surface area contributed by atoms with Crippen molar-refractivity contribution in [2.24, 2.45) is 0 Å². The van der Waals surface area contributed by atoms with Gasteiger partial charge in [-0.3, -0.25) is 4.57 Å². The number of thioether (sulfide) groups is 1. The lowest BCUT2D eigenvalue weighted by Crippen LogP contribution is -2.23. The Hall–Kier alpha value is -0.250. The van der Waals surface area contributed by atoms with E-state index in [1.807, 2.05) is 5.92 Å². The van der Waals surface area contributed by atoms with E-state index in [1.165, 1.54) is 11.8 Å². The van der Waals surface area contributed by atoms with Crippen LogP contribution in [0.25, 0.3) is 0 Å². The summed E-state index contributed by atoms with van der Waals surface area (Å²) in [6.07, 6.45) is 5.27. The van der Waals surface area contributed by atoms with Crippen LogP contribution in [-0.4, -0.2) is 39.5 Å². The van der Waals surface area contributed by atoms with E-state index in [-0.39, 0.29) is 29.0 Å². The molecule has 1 aliphatic rings. The third kappa shape index (κ3) is 4.18. The van der Waals surface area contributed by atoms with Crippen LogP contribution in [0.2, 0.25) is 0 Å². The molecule has 1 saturated heterocycles. The van der Waals surface area contributed by atoms with Gasteiger partial charge in [0.1, 0.15) is 6.61 Å². The summed E-state index contributed by atoms with van der Waals surface area (Å²) >= 11 is 3.33. The van der Waals surface area contributed by atoms with Gasteiger partial charge < -0.3 is 13.8 Å². The molecule has 22 heavy (non-hydrogen) atoms. The number of halogens is 1. The van der Waals surface area contributed by atoms with Crippen molar-refractivity contribution >= 4 is 47.9 Å². The summed E-state index contributed by atoms with van der Waals surface area (Å²) in [5.74, 6) is 1.11. The lowest BCUT2D eigenvalue weighted by molar-refractivity contribution is -0.136. The Bertz CT molecular complexity index is 536. The topological polar surface area (TPSA) is 85.6 Å². The van der Waals surface area contributed by atoms with Gasteiger partial charge in [-0.25, -0.2) is 4.79 Å². The molecule has 0 bridgehead atoms. The molecule has 6 nitrogen and oxygen atoms in total. The summed E-state index contributed by atoms with van der Waals surface area (Å²) in [6, 6.07) is 2.11. The molecule has 122 valence electrons. The number of nitrogens with zero attached hydrogens (tertiary/aromatic N) is 1. The number of rotatable bonds is 7. The lowest BCUT2D eigenvalue weighted by Gasteiger charge is -2.29. The fraction of sp³-hybridized carbons (Fsp3) is 0.692. The van der Waals surface area contributed by atoms with E-state index in [2.05, 4.69) is 28.7 Å². The number of alkyl halides is 1. The molecule has 1 fully saturated rings. The first kappa shape index (κ1) is 19.8. The zero-order valence-electron chi connectivity index (χ0n) is 12.3. The molecule has 1 aliphatic heterocycles. The highest BCUT2D eigenvalue weighted by atomic mass is 127. The zero-order chi connectivity index (χ0) is 16.8. The summed E-state index contributed by atoms with van der Waals surface area (Å²) < 4.78 is 27.3. The Balaban J connectivity index is 2.96. The molecule has 0 radical (unpaired) electrons. The second kappa shape index (κ2) is 8.56. The van der Waals surface area contributed by atoms with Crippen molar-refractivity contribution in [3.63, 3.8) is 0 Å². The molecule has 0 aromatic rings. The molecule has 9 heteroatoms. The Morgan fingerprint density at radius 3 is 2.55 bits per heavy atom. The van der Waals surface area contributed by atoms with Gasteiger partial charge in [0.2, 0.25) is 4.49 Å². The number of hydrogen-bond acceptors (Lipinski definition) is 7. The van der Waals surface area contributed by atoms with Gasteiger partial charge in [-0.2, -0.15) is 5.26 Å². The molecule has 0 N–H and O–H groups in total. The Morgan fingerprint density at radius 2 is 2.09 bits per heavy atom. The lowest BCUT2D eigenvalue weighted by atomic mass is 10.2. The quantitative estimate of drug-likeness (QED) is 0.145. The fourth-order valence-corrected chi connectivity index (χ4v) is 8.12. The predicted octanol–water partition coefficient (Wildman–Crippen LogP) is 2.96. The SMILES string of the molecule is C#CC(=O)OC[C@@H]1S[C@@](C#N)(P(=O)(OCC)OCC)C[C@@H]1I. The minimum atomic E-state index is -3.61. The van der Waals surface area contributed by atoms with E-state index in [9.17, 15) is 14.6 Å². The van der Waals surface area contributed by atoms with E-state index in [0.29, 0.717) is 6.42 Å². The summed E-state index contributed by atoms with van der Waals surface area (Å²) in [5.41, 5.74) is 0. The number of carbonyl (C=O) groups is 1. The van der Waals surface area contributed by atoms with Crippen LogP contribution in [0.1, 0.15) is 20.3 Å². The number of ether oxygens (including phenoxy) is 1. The molecule has 0 unspecified atom stereocenters. The summed E-state index contributed by atoms with van der Waals surface area (Å²) in [7, 11) is -3.61. The third-order valence-electron chi connectivity index (χ3n) is 2.93. The molecule has 0 aromatic heterocycles. The van der Waals surface area contributed by atoms with Gasteiger partial charge in [0.15, 0.2) is 0 Å². The van der Waals surface area contributed by atoms with Crippen LogP contribution in [0.3, 0.4) is 0 Å². The van der Waals surface area contributed by atoms with Crippen LogP contribution in [-0.2, 0) is 23.1 Å². The first-order chi connectivity index (χ1) is 10.4. The van der Waals surface area contributed by atoms with Crippen LogP contribution in [0.4, 0.5) is 0 Å². The predicted molar refractivity (Wildman–Crippen MR) is 92.8 cm³/mol. The number of nitriles is 1. The van der Waals surface area contributed by atoms with Crippen molar-refractivity contribution in [3.05, 3.63) is 0 Å². The average Bonchev–Trinajstić information content (AvgIpc) is 2.83. The number of terminal acetylenes is 1. The number of hydrogen-bond donors (Lipinski definition) is 0. The minimum Gasteiger partial charge on any atom is -0.455 e. The van der Waals surface area contributed by atoms with Gasteiger partial charge in [-0.1, -0.05) is 22.6 Å². The van der Waals surface area contributed by atoms with E-state index in [0.717, 1.165) is 0 Å². The molecule has 3 atom stereocenters. The van der Waals surface area contributed by atoms with Crippen molar-refractivity contribution in [1.29, 1.82) is 5.26 Å². The maximum Gasteiger partial charge on any atom is 0.384 e. The van der Waals surface area contributed by atoms with Gasteiger partial charge in [0, 0.05) is 9.85 Å². The average molecular weight is 457 g/mol. The van der Waals surface area contributed by atoms with Crippen LogP contribution >= 0.6 is 41.9 Å². The molecule has 0 saturated carbocycles. The maximum absolute atomic E-state index is 13.0. The summed E-state index contributed by atoms with van der Waals surface area (Å²) in [6.45, 7) is 3.82. The van der Waals surface area contributed by atoms with Gasteiger partial charge >= 0.3 is 13.6 Å². The first-order valence-corrected chi connectivity index (χ1v) is 10.3. The highest BCUT2D eigenvalue weighted by Crippen LogP contribution is 2.70. The molecule has 1 heterocycles. The highest BCUT2D eigenvalue weighted by molar-refractivity contribution is 14.1. The Morgan fingerprint density at radius 1 is 1.50 bits per heavy atom. The highest BCUT2D eigenvalue weighted by Gasteiger charge is 2.59. The zero-order valence-corrected chi connectivity index (χ0v) is 16.2. The van der Waals surface area contributed by atoms with E-state index < -0.39 is 18.1 Å². The first-order valence-electron chi connectivity index (χ1n) is 6.63. The van der Waals surface area contributed by atoms with Crippen molar-refractivity contribution < 1.29 is 23.1 Å². The molecular weight excluding hydrogens is 440 g/mol. The van der Waals surface area contributed by atoms with Crippen LogP contribution in [0, 0.1) is 23.7 Å². The molecule has 0 amide bonds. The van der Waals surface area contributed by atoms with Crippen LogP contribution in [0.5, 0.6) is 0 Å². The standard InChI is InChI=1S/C13H17INO5PS/c1-4-12(16)18-8-11-10(14)7-13(9-15,22-11)21(17,19-5-2)20-6-3/h1,10-11H,5-8H2,2-3H3/t10-,11-,13-/m0/s1. The van der Waals surface area contributed by atoms with Gasteiger partial charge in [-0.05, 0) is 20.3 Å². The monoisotopic (exact) mass is 457 g/mol. The summed E-state index contributed by atoms with van der Waals surface area (Å²) in [5, 5.41) is 9.42. The largest absolute Gasteiger partial charge is 0.455 e. The fourth-order valence-electron chi connectivity index (χ4n) is 2.00. The molecular formula is C13H17INO5PS. The van der Waals surface area contributed by atoms with Crippen molar-refractivity contribution in [2.45, 2.75) is 33.9 Å². The minimum absolute atomic E-state index is 0.0259. The number of esters is 1. The van der Waals surface area contributed by atoms with Gasteiger partial charge in [0.25, 0.3) is 0 Å². The van der Waals surface area contributed by atoms with E-state index in [1.54, 1.807) is 13.8 Å². The van der Waals surface area contributed by atoms with Crippen molar-refractivity contribution in [3.8, 4) is 18.4 Å². The molecule has 0 aliphatic carbocycles. The second-order valence-corrected chi connectivity index (χ2v) is 10.1. The van der Waals surface area contributed by atoms with E-state index >= 15 is 0 Å². The Kier molecular flexibility index (Phi) is 7.70. The smallest absolute Gasteiger partial charge is 0.384 e. The third-order valence-corrected chi connectivity index (χ3v) is 9.50.